The summed E-state index contributed by atoms with van der Waals surface area (Å²) in [5, 5.41) is 21.1. The Morgan fingerprint density at radius 3 is 2.75 bits per heavy atom. The summed E-state index contributed by atoms with van der Waals surface area (Å²) in [5.41, 5.74) is 4.19. The lowest BCUT2D eigenvalue weighted by molar-refractivity contribution is -0.137. The molecular weight excluding hydrogens is 459 g/mol. The molecule has 1 aliphatic heterocycles. The molecule has 0 unspecified atom stereocenters. The van der Waals surface area contributed by atoms with Crippen molar-refractivity contribution in [2.75, 3.05) is 11.4 Å². The van der Waals surface area contributed by atoms with Gasteiger partial charge < -0.3 is 15.1 Å². The van der Waals surface area contributed by atoms with E-state index >= 15 is 0 Å². The number of aromatic nitrogens is 1. The zero-order valence-electron chi connectivity index (χ0n) is 14.7. The Morgan fingerprint density at radius 1 is 1.36 bits per heavy atom. The van der Waals surface area contributed by atoms with Crippen LogP contribution >= 0.6 is 58.5 Å². The number of nitrogens with zero attached hydrogens (tertiary/aromatic N) is 2. The third-order valence-electron chi connectivity index (χ3n) is 3.99. The van der Waals surface area contributed by atoms with Gasteiger partial charge in [0.15, 0.2) is 3.95 Å². The molecule has 148 valence electrons. The van der Waals surface area contributed by atoms with Gasteiger partial charge in [-0.15, -0.1) is 11.3 Å². The highest BCUT2D eigenvalue weighted by molar-refractivity contribution is 8.03. The molecule has 0 saturated carbocycles. The summed E-state index contributed by atoms with van der Waals surface area (Å²) in [5.74, 6) is -1.24. The zero-order chi connectivity index (χ0) is 20.4. The van der Waals surface area contributed by atoms with Gasteiger partial charge in [-0.05, 0) is 30.8 Å². The highest BCUT2D eigenvalue weighted by Crippen LogP contribution is 2.48. The molecule has 0 fully saturated rings. The number of anilines is 1. The normalized spacial score (nSPS) is 12.8. The number of carboxylic acid groups (broad SMARTS) is 1. The Hall–Kier alpha value is -1.41. The number of benzene rings is 1. The minimum absolute atomic E-state index is 0.169. The van der Waals surface area contributed by atoms with E-state index in [1.807, 2.05) is 12.1 Å². The van der Waals surface area contributed by atoms with Crippen molar-refractivity contribution in [1.29, 1.82) is 0 Å². The van der Waals surface area contributed by atoms with Crippen molar-refractivity contribution in [1.82, 2.24) is 4.57 Å². The number of aromatic hydroxyl groups is 1. The van der Waals surface area contributed by atoms with E-state index in [0.29, 0.717) is 18.9 Å². The first-order chi connectivity index (χ1) is 13.3. The fourth-order valence-corrected chi connectivity index (χ4v) is 5.29. The molecule has 0 amide bonds. The zero-order valence-corrected chi connectivity index (χ0v) is 18.7. The number of thioether (sulfide) groups is 1. The monoisotopic (exact) mass is 474 g/mol. The van der Waals surface area contributed by atoms with Crippen molar-refractivity contribution >= 4 is 76.3 Å². The molecule has 0 atom stereocenters. The maximum atomic E-state index is 10.9. The van der Waals surface area contributed by atoms with Crippen molar-refractivity contribution in [3.63, 3.8) is 0 Å². The molecule has 0 radical (unpaired) electrons. The summed E-state index contributed by atoms with van der Waals surface area (Å²) in [6.07, 6.45) is 3.66. The summed E-state index contributed by atoms with van der Waals surface area (Å²) in [6, 6.07) is 3.68. The lowest BCUT2D eigenvalue weighted by Gasteiger charge is -2.19. The molecule has 3 rings (SSSR count). The molecule has 28 heavy (non-hydrogen) atoms. The first kappa shape index (κ1) is 21.3. The van der Waals surface area contributed by atoms with Gasteiger partial charge in [0, 0.05) is 17.5 Å². The third kappa shape index (κ3) is 4.43. The SMILES string of the molecule is CCCCN1C(=C=Cc2sc(=S)n(CC(=O)O)c2O)Sc2cc(Cl)c(Cl)cc21. The van der Waals surface area contributed by atoms with Gasteiger partial charge in [-0.25, -0.2) is 0 Å². The van der Waals surface area contributed by atoms with E-state index < -0.39 is 5.97 Å². The van der Waals surface area contributed by atoms with Crippen molar-refractivity contribution in [2.45, 2.75) is 31.2 Å². The lowest BCUT2D eigenvalue weighted by atomic mass is 10.2. The molecule has 1 aromatic carbocycles. The summed E-state index contributed by atoms with van der Waals surface area (Å²) < 4.78 is 1.48. The second kappa shape index (κ2) is 8.95. The number of carboxylic acids is 1. The van der Waals surface area contributed by atoms with Crippen LogP contribution in [0, 0.1) is 3.95 Å². The first-order valence-electron chi connectivity index (χ1n) is 8.37. The fraction of sp³-hybridized carbons (Fsp3) is 0.278. The van der Waals surface area contributed by atoms with Gasteiger partial charge in [-0.1, -0.05) is 54.0 Å². The van der Waals surface area contributed by atoms with Crippen LogP contribution in [-0.2, 0) is 11.3 Å². The number of unbranched alkanes of at least 4 members (excludes halogenated alkanes) is 1. The average Bonchev–Trinajstić information content (AvgIpc) is 3.09. The van der Waals surface area contributed by atoms with E-state index in [0.717, 1.165) is 46.3 Å². The second-order valence-corrected chi connectivity index (χ2v) is 9.49. The molecule has 2 N–H and O–H groups in total. The van der Waals surface area contributed by atoms with E-state index in [4.69, 9.17) is 40.5 Å². The Morgan fingerprint density at radius 2 is 2.07 bits per heavy atom. The summed E-state index contributed by atoms with van der Waals surface area (Å²) in [6.45, 7) is 2.53. The number of rotatable bonds is 6. The van der Waals surface area contributed by atoms with E-state index in [9.17, 15) is 9.90 Å². The molecule has 10 heteroatoms. The minimum atomic E-state index is -1.07. The highest BCUT2D eigenvalue weighted by atomic mass is 35.5. The number of halogens is 2. The van der Waals surface area contributed by atoms with Crippen LogP contribution in [0.3, 0.4) is 0 Å². The van der Waals surface area contributed by atoms with Gasteiger partial charge in [0.25, 0.3) is 0 Å². The number of carbonyl (C=O) groups is 1. The largest absolute Gasteiger partial charge is 0.493 e. The van der Waals surface area contributed by atoms with E-state index in [-0.39, 0.29) is 12.4 Å². The van der Waals surface area contributed by atoms with Crippen LogP contribution in [0.4, 0.5) is 5.69 Å². The quantitative estimate of drug-likeness (QED) is 0.381. The first-order valence-corrected chi connectivity index (χ1v) is 11.2. The van der Waals surface area contributed by atoms with Crippen LogP contribution in [0.1, 0.15) is 24.6 Å². The van der Waals surface area contributed by atoms with E-state index in [1.54, 1.807) is 6.08 Å². The summed E-state index contributed by atoms with van der Waals surface area (Å²) >= 11 is 20.2. The Kier molecular flexibility index (Phi) is 6.81. The number of fused-ring (bicyclic) bond motifs is 1. The van der Waals surface area contributed by atoms with Crippen LogP contribution in [0.15, 0.2) is 27.8 Å². The highest BCUT2D eigenvalue weighted by Gasteiger charge is 2.26. The topological polar surface area (TPSA) is 65.7 Å². The molecule has 0 bridgehead atoms. The van der Waals surface area contributed by atoms with Crippen LogP contribution in [0.2, 0.25) is 10.0 Å². The molecule has 0 saturated heterocycles. The standard InChI is InChI=1S/C18H16Cl2N2O3S3/c1-2-3-6-21-12-7-10(19)11(20)8-14(12)27-15(21)5-4-13-17(25)22(9-16(23)24)18(26)28-13/h4,7-8,25H,2-3,6,9H2,1H3,(H,23,24). The smallest absolute Gasteiger partial charge is 0.323 e. The van der Waals surface area contributed by atoms with Gasteiger partial charge in [-0.3, -0.25) is 9.36 Å². The third-order valence-corrected chi connectivity index (χ3v) is 7.18. The van der Waals surface area contributed by atoms with Crippen LogP contribution < -0.4 is 4.90 Å². The summed E-state index contributed by atoms with van der Waals surface area (Å²) in [4.78, 5) is 14.5. The Bertz CT molecular complexity index is 1060. The number of hydrogen-bond acceptors (Lipinski definition) is 6. The van der Waals surface area contributed by atoms with Crippen molar-refractivity contribution < 1.29 is 15.0 Å². The second-order valence-electron chi connectivity index (χ2n) is 5.97. The summed E-state index contributed by atoms with van der Waals surface area (Å²) in [7, 11) is 0. The van der Waals surface area contributed by atoms with E-state index in [2.05, 4.69) is 17.6 Å². The van der Waals surface area contributed by atoms with Gasteiger partial charge in [0.05, 0.1) is 20.6 Å². The van der Waals surface area contributed by atoms with Gasteiger partial charge in [0.2, 0.25) is 5.88 Å². The van der Waals surface area contributed by atoms with Crippen LogP contribution in [-0.4, -0.2) is 27.3 Å². The van der Waals surface area contributed by atoms with Gasteiger partial charge in [0.1, 0.15) is 11.6 Å². The maximum absolute atomic E-state index is 10.9. The van der Waals surface area contributed by atoms with Crippen molar-refractivity contribution in [2.24, 2.45) is 0 Å². The van der Waals surface area contributed by atoms with E-state index in [1.165, 1.54) is 16.3 Å². The Labute approximate surface area is 185 Å². The molecule has 2 heterocycles. The molecular formula is C18H16Cl2N2O3S3. The lowest BCUT2D eigenvalue weighted by Crippen LogP contribution is -2.18. The molecule has 1 aromatic heterocycles. The van der Waals surface area contributed by atoms with Crippen molar-refractivity contribution in [3.05, 3.63) is 41.8 Å². The van der Waals surface area contributed by atoms with Gasteiger partial charge in [-0.2, -0.15) is 0 Å². The Balaban J connectivity index is 2.01. The predicted molar refractivity (Wildman–Crippen MR) is 119 cm³/mol. The minimum Gasteiger partial charge on any atom is -0.493 e. The fourth-order valence-electron chi connectivity index (χ4n) is 2.64. The van der Waals surface area contributed by atoms with Gasteiger partial charge >= 0.3 is 5.97 Å². The predicted octanol–water partition coefficient (Wildman–Crippen LogP) is 6.24. The molecule has 2 aromatic rings. The number of hydrogen-bond donors (Lipinski definition) is 2. The van der Waals surface area contributed by atoms with Crippen molar-refractivity contribution in [3.8, 4) is 5.88 Å². The number of aliphatic carboxylic acids is 1. The van der Waals surface area contributed by atoms with Crippen LogP contribution in [0.25, 0.3) is 6.08 Å². The van der Waals surface area contributed by atoms with Crippen LogP contribution in [0.5, 0.6) is 5.88 Å². The molecule has 5 nitrogen and oxygen atoms in total. The average molecular weight is 475 g/mol. The maximum Gasteiger partial charge on any atom is 0.323 e. The molecule has 0 aliphatic carbocycles. The number of thiazole rings is 1. The molecule has 0 spiro atoms. The molecule has 1 aliphatic rings.